The lowest BCUT2D eigenvalue weighted by atomic mass is 9.82. The number of aliphatic hydroxyl groups is 1. The first-order valence-corrected chi connectivity index (χ1v) is 7.47. The van der Waals surface area contributed by atoms with Gasteiger partial charge in [-0.3, -0.25) is 0 Å². The summed E-state index contributed by atoms with van der Waals surface area (Å²) in [6.07, 6.45) is 7.54. The molecule has 1 aromatic carbocycles. The molecule has 3 heteroatoms. The van der Waals surface area contributed by atoms with Gasteiger partial charge in [0.05, 0.1) is 6.10 Å². The van der Waals surface area contributed by atoms with E-state index in [4.69, 9.17) is 0 Å². The van der Waals surface area contributed by atoms with E-state index in [2.05, 4.69) is 45.3 Å². The number of aromatic amines is 1. The molecule has 1 aliphatic rings. The molecule has 0 aliphatic heterocycles. The van der Waals surface area contributed by atoms with E-state index in [1.807, 2.05) is 0 Å². The summed E-state index contributed by atoms with van der Waals surface area (Å²) in [6, 6.07) is 6.34. The molecule has 0 radical (unpaired) electrons. The van der Waals surface area contributed by atoms with Crippen molar-refractivity contribution in [2.75, 3.05) is 0 Å². The highest BCUT2D eigenvalue weighted by atomic mass is 79.9. The van der Waals surface area contributed by atoms with Gasteiger partial charge >= 0.3 is 0 Å². The number of fused-ring (bicyclic) bond motifs is 1. The summed E-state index contributed by atoms with van der Waals surface area (Å²) in [5, 5.41) is 11.4. The number of aliphatic hydroxyl groups excluding tert-OH is 1. The van der Waals surface area contributed by atoms with E-state index in [-0.39, 0.29) is 6.10 Å². The van der Waals surface area contributed by atoms with Crippen molar-refractivity contribution in [3.63, 3.8) is 0 Å². The maximum atomic E-state index is 10.1. The van der Waals surface area contributed by atoms with Crippen LogP contribution in [0.3, 0.4) is 0 Å². The van der Waals surface area contributed by atoms with Crippen LogP contribution in [-0.4, -0.2) is 16.2 Å². The first-order chi connectivity index (χ1) is 8.74. The molecule has 2 unspecified atom stereocenters. The van der Waals surface area contributed by atoms with Gasteiger partial charge in [-0.25, -0.2) is 0 Å². The number of hydrogen-bond acceptors (Lipinski definition) is 1. The molecule has 0 saturated heterocycles. The molecular formula is C15H18BrNO. The second kappa shape index (κ2) is 5.06. The minimum Gasteiger partial charge on any atom is -0.393 e. The number of rotatable bonds is 2. The number of aromatic nitrogens is 1. The minimum atomic E-state index is -0.112. The van der Waals surface area contributed by atoms with E-state index in [9.17, 15) is 5.11 Å². The smallest absolute Gasteiger partial charge is 0.0571 e. The van der Waals surface area contributed by atoms with E-state index in [0.29, 0.717) is 5.92 Å². The van der Waals surface area contributed by atoms with Gasteiger partial charge in [0.1, 0.15) is 0 Å². The van der Waals surface area contributed by atoms with Crippen LogP contribution in [0.5, 0.6) is 0 Å². The lowest BCUT2D eigenvalue weighted by Gasteiger charge is -2.27. The Morgan fingerprint density at radius 3 is 2.94 bits per heavy atom. The monoisotopic (exact) mass is 307 g/mol. The minimum absolute atomic E-state index is 0.112. The molecule has 18 heavy (non-hydrogen) atoms. The fourth-order valence-electron chi connectivity index (χ4n) is 3.04. The first-order valence-electron chi connectivity index (χ1n) is 6.67. The van der Waals surface area contributed by atoms with Crippen LogP contribution < -0.4 is 0 Å². The third-order valence-electron chi connectivity index (χ3n) is 4.08. The Bertz CT molecular complexity index is 548. The Morgan fingerprint density at radius 1 is 1.28 bits per heavy atom. The molecular weight excluding hydrogens is 290 g/mol. The van der Waals surface area contributed by atoms with Crippen LogP contribution in [0.1, 0.15) is 31.2 Å². The zero-order valence-electron chi connectivity index (χ0n) is 10.3. The number of nitrogens with one attached hydrogen (secondary N) is 1. The summed E-state index contributed by atoms with van der Waals surface area (Å²) in [5.41, 5.74) is 2.51. The summed E-state index contributed by atoms with van der Waals surface area (Å²) < 4.78 is 1.10. The van der Waals surface area contributed by atoms with Crippen molar-refractivity contribution in [3.8, 4) is 0 Å². The number of hydrogen-bond donors (Lipinski definition) is 2. The third kappa shape index (κ3) is 2.34. The van der Waals surface area contributed by atoms with E-state index in [1.54, 1.807) is 0 Å². The number of H-pyrrole nitrogens is 1. The maximum Gasteiger partial charge on any atom is 0.0571 e. The Morgan fingerprint density at radius 2 is 2.11 bits per heavy atom. The Labute approximate surface area is 116 Å². The summed E-state index contributed by atoms with van der Waals surface area (Å²) >= 11 is 3.49. The van der Waals surface area contributed by atoms with Gasteiger partial charge in [-0.2, -0.15) is 0 Å². The van der Waals surface area contributed by atoms with Gasteiger partial charge in [0.2, 0.25) is 0 Å². The second-order valence-corrected chi connectivity index (χ2v) is 6.24. The molecule has 0 amide bonds. The first kappa shape index (κ1) is 12.2. The van der Waals surface area contributed by atoms with Crippen LogP contribution in [0, 0.1) is 5.92 Å². The largest absolute Gasteiger partial charge is 0.393 e. The lowest BCUT2D eigenvalue weighted by Crippen LogP contribution is -2.26. The van der Waals surface area contributed by atoms with Gasteiger partial charge in [-0.1, -0.05) is 34.8 Å². The normalized spacial score (nSPS) is 24.6. The average molecular weight is 308 g/mol. The molecule has 2 nitrogen and oxygen atoms in total. The Kier molecular flexibility index (Phi) is 3.44. The quantitative estimate of drug-likeness (QED) is 0.863. The predicted octanol–water partition coefficient (Wildman–Crippen LogP) is 4.02. The maximum absolute atomic E-state index is 10.1. The lowest BCUT2D eigenvalue weighted by molar-refractivity contribution is 0.0702. The summed E-state index contributed by atoms with van der Waals surface area (Å²) in [5.74, 6) is 0.432. The van der Waals surface area contributed by atoms with Crippen LogP contribution in [0.15, 0.2) is 28.9 Å². The zero-order chi connectivity index (χ0) is 12.5. The van der Waals surface area contributed by atoms with Crippen LogP contribution in [0.25, 0.3) is 10.9 Å². The van der Waals surface area contributed by atoms with Gasteiger partial charge in [0.15, 0.2) is 0 Å². The standard InChI is InChI=1S/C15H18BrNO/c16-12-5-6-13-11(9-17-14(13)8-12)7-10-3-1-2-4-15(10)18/h5-6,8-10,15,17-18H,1-4,7H2. The van der Waals surface area contributed by atoms with Gasteiger partial charge in [-0.05, 0) is 42.9 Å². The van der Waals surface area contributed by atoms with E-state index >= 15 is 0 Å². The van der Waals surface area contributed by atoms with Crippen molar-refractivity contribution >= 4 is 26.8 Å². The average Bonchev–Trinajstić information content (AvgIpc) is 2.74. The van der Waals surface area contributed by atoms with Crippen molar-refractivity contribution in [1.82, 2.24) is 4.98 Å². The van der Waals surface area contributed by atoms with Crippen LogP contribution in [0.2, 0.25) is 0 Å². The summed E-state index contributed by atoms with van der Waals surface area (Å²) in [4.78, 5) is 3.32. The van der Waals surface area contributed by atoms with Crippen LogP contribution in [-0.2, 0) is 6.42 Å². The molecule has 1 heterocycles. The predicted molar refractivity (Wildman–Crippen MR) is 77.7 cm³/mol. The fourth-order valence-corrected chi connectivity index (χ4v) is 3.40. The molecule has 0 spiro atoms. The topological polar surface area (TPSA) is 36.0 Å². The highest BCUT2D eigenvalue weighted by Crippen LogP contribution is 2.30. The van der Waals surface area contributed by atoms with Crippen LogP contribution >= 0.6 is 15.9 Å². The third-order valence-corrected chi connectivity index (χ3v) is 4.57. The Balaban J connectivity index is 1.86. The van der Waals surface area contributed by atoms with Gasteiger partial charge < -0.3 is 10.1 Å². The zero-order valence-corrected chi connectivity index (χ0v) is 11.9. The molecule has 1 aliphatic carbocycles. The molecule has 96 valence electrons. The second-order valence-electron chi connectivity index (χ2n) is 5.32. The van der Waals surface area contributed by atoms with Crippen LogP contribution in [0.4, 0.5) is 0 Å². The molecule has 2 N–H and O–H groups in total. The Hall–Kier alpha value is -0.800. The number of halogens is 1. The SMILES string of the molecule is OC1CCCCC1Cc1c[nH]c2cc(Br)ccc12. The fraction of sp³-hybridized carbons (Fsp3) is 0.467. The number of benzene rings is 1. The van der Waals surface area contributed by atoms with E-state index in [0.717, 1.165) is 23.7 Å². The van der Waals surface area contributed by atoms with Crippen molar-refractivity contribution < 1.29 is 5.11 Å². The van der Waals surface area contributed by atoms with Gasteiger partial charge in [-0.15, -0.1) is 0 Å². The van der Waals surface area contributed by atoms with Gasteiger partial charge in [0.25, 0.3) is 0 Å². The molecule has 1 saturated carbocycles. The molecule has 1 aromatic heterocycles. The van der Waals surface area contributed by atoms with E-state index in [1.165, 1.54) is 29.3 Å². The van der Waals surface area contributed by atoms with Crippen molar-refractivity contribution in [1.29, 1.82) is 0 Å². The van der Waals surface area contributed by atoms with Crippen molar-refractivity contribution in [3.05, 3.63) is 34.4 Å². The molecule has 2 atom stereocenters. The molecule has 0 bridgehead atoms. The molecule has 1 fully saturated rings. The summed E-state index contributed by atoms with van der Waals surface area (Å²) in [7, 11) is 0. The van der Waals surface area contributed by atoms with Crippen molar-refractivity contribution in [2.24, 2.45) is 5.92 Å². The molecule has 2 aromatic rings. The summed E-state index contributed by atoms with van der Waals surface area (Å²) in [6.45, 7) is 0. The van der Waals surface area contributed by atoms with Gasteiger partial charge in [0, 0.05) is 21.6 Å². The highest BCUT2D eigenvalue weighted by molar-refractivity contribution is 9.10. The van der Waals surface area contributed by atoms with Crippen molar-refractivity contribution in [2.45, 2.75) is 38.2 Å². The van der Waals surface area contributed by atoms with E-state index < -0.39 is 0 Å². The molecule has 3 rings (SSSR count). The highest BCUT2D eigenvalue weighted by Gasteiger charge is 2.23.